The van der Waals surface area contributed by atoms with Crippen molar-refractivity contribution in [2.75, 3.05) is 4.90 Å². The van der Waals surface area contributed by atoms with Gasteiger partial charge in [-0.15, -0.1) is 0 Å². The van der Waals surface area contributed by atoms with Crippen molar-refractivity contribution in [1.82, 2.24) is 0 Å². The highest BCUT2D eigenvalue weighted by atomic mass is 16.3. The second kappa shape index (κ2) is 13.4. The summed E-state index contributed by atoms with van der Waals surface area (Å²) in [6, 6.07) is 62.2. The average Bonchev–Trinajstić information content (AvgIpc) is 3.67. The third-order valence-corrected chi connectivity index (χ3v) is 10.2. The van der Waals surface area contributed by atoms with E-state index in [-0.39, 0.29) is 35.4 Å². The molecule has 0 unspecified atom stereocenters. The molecule has 2 heteroatoms. The standard InChI is InChI=1S/C52H35NO/c1-2-10-36(11-3-1)37-20-22-38(23-21-37)39-24-30-43(31-25-39)53(44-32-26-41(27-33-44)47-16-8-13-40-12-4-5-14-46(40)47)45-34-28-42(29-35-45)48-17-9-19-51-52(48)49-15-6-7-18-50(49)54-51/h1-35H/i26D,27D,32D,33D. The molecule has 0 N–H and O–H groups in total. The van der Waals surface area contributed by atoms with Crippen LogP contribution in [0.2, 0.25) is 0 Å². The third-order valence-electron chi connectivity index (χ3n) is 10.2. The van der Waals surface area contributed by atoms with Gasteiger partial charge in [0.1, 0.15) is 11.2 Å². The molecule has 254 valence electrons. The molecular weight excluding hydrogens is 655 g/mol. The molecule has 10 aromatic rings. The Morgan fingerprint density at radius 3 is 1.54 bits per heavy atom. The fourth-order valence-electron chi connectivity index (χ4n) is 7.50. The maximum atomic E-state index is 9.51. The Kier molecular flexibility index (Phi) is 6.84. The number of benzene rings is 9. The van der Waals surface area contributed by atoms with Gasteiger partial charge < -0.3 is 9.32 Å². The first-order valence-corrected chi connectivity index (χ1v) is 18.1. The van der Waals surface area contributed by atoms with Gasteiger partial charge in [-0.1, -0.05) is 164 Å². The minimum atomic E-state index is -0.122. The Morgan fingerprint density at radius 2 is 0.833 bits per heavy atom. The van der Waals surface area contributed by atoms with Crippen molar-refractivity contribution in [1.29, 1.82) is 0 Å². The summed E-state index contributed by atoms with van der Waals surface area (Å²) in [4.78, 5) is 1.84. The number of rotatable bonds is 7. The number of furan rings is 1. The van der Waals surface area contributed by atoms with Gasteiger partial charge in [-0.25, -0.2) is 0 Å². The quantitative estimate of drug-likeness (QED) is 0.165. The van der Waals surface area contributed by atoms with Crippen molar-refractivity contribution in [2.24, 2.45) is 0 Å². The van der Waals surface area contributed by atoms with Crippen molar-refractivity contribution in [3.05, 3.63) is 212 Å². The van der Waals surface area contributed by atoms with Crippen LogP contribution in [0.25, 0.3) is 77.2 Å². The Bertz CT molecular complexity index is 3100. The summed E-state index contributed by atoms with van der Waals surface area (Å²) in [5, 5.41) is 3.93. The van der Waals surface area contributed by atoms with Crippen LogP contribution in [0.3, 0.4) is 0 Å². The molecule has 0 amide bonds. The zero-order chi connectivity index (χ0) is 39.3. The molecular formula is C52H35NO. The lowest BCUT2D eigenvalue weighted by Gasteiger charge is -2.26. The molecule has 0 spiro atoms. The summed E-state index contributed by atoms with van der Waals surface area (Å²) >= 11 is 0. The zero-order valence-corrected chi connectivity index (χ0v) is 29.3. The van der Waals surface area contributed by atoms with E-state index in [2.05, 4.69) is 48.5 Å². The van der Waals surface area contributed by atoms with Gasteiger partial charge in [0.05, 0.1) is 5.48 Å². The monoisotopic (exact) mass is 693 g/mol. The Hall–Kier alpha value is -7.16. The topological polar surface area (TPSA) is 16.4 Å². The number of hydrogen-bond donors (Lipinski definition) is 0. The SMILES string of the molecule is [2H]c1c([2H])c(N(c2ccc(-c3ccc(-c4ccccc4)cc3)cc2)c2ccc(-c3cccc4oc5ccccc5c34)cc2)c([2H])c([2H])c1-c1cccc2ccccc12. The Balaban J connectivity index is 1.10. The second-order valence-electron chi connectivity index (χ2n) is 13.4. The van der Waals surface area contributed by atoms with Crippen LogP contribution < -0.4 is 4.90 Å². The largest absolute Gasteiger partial charge is 0.456 e. The molecule has 1 aromatic heterocycles. The van der Waals surface area contributed by atoms with Crippen molar-refractivity contribution in [3.8, 4) is 44.5 Å². The van der Waals surface area contributed by atoms with Crippen molar-refractivity contribution >= 4 is 49.8 Å². The fraction of sp³-hybridized carbons (Fsp3) is 0. The number of para-hydroxylation sites is 1. The van der Waals surface area contributed by atoms with Gasteiger partial charge >= 0.3 is 0 Å². The van der Waals surface area contributed by atoms with Crippen LogP contribution in [0.15, 0.2) is 217 Å². The Labute approximate surface area is 320 Å². The van der Waals surface area contributed by atoms with Crippen LogP contribution in [0.4, 0.5) is 17.1 Å². The van der Waals surface area contributed by atoms with Crippen LogP contribution in [0, 0.1) is 0 Å². The van der Waals surface area contributed by atoms with Gasteiger partial charge in [0.15, 0.2) is 0 Å². The predicted molar refractivity (Wildman–Crippen MR) is 228 cm³/mol. The molecule has 54 heavy (non-hydrogen) atoms. The molecule has 0 saturated carbocycles. The normalized spacial score (nSPS) is 12.4. The summed E-state index contributed by atoms with van der Waals surface area (Å²) in [7, 11) is 0. The lowest BCUT2D eigenvalue weighted by atomic mass is 9.97. The fourth-order valence-corrected chi connectivity index (χ4v) is 7.50. The minimum absolute atomic E-state index is 0.0948. The molecule has 1 heterocycles. The van der Waals surface area contributed by atoms with Gasteiger partial charge in [-0.2, -0.15) is 0 Å². The van der Waals surface area contributed by atoms with Crippen molar-refractivity contribution in [2.45, 2.75) is 0 Å². The summed E-state index contributed by atoms with van der Waals surface area (Å²) in [5.41, 5.74) is 10.6. The molecule has 0 aliphatic rings. The van der Waals surface area contributed by atoms with Crippen LogP contribution in [-0.4, -0.2) is 0 Å². The number of nitrogens with zero attached hydrogens (tertiary/aromatic N) is 1. The Morgan fingerprint density at radius 1 is 0.333 bits per heavy atom. The predicted octanol–water partition coefficient (Wildman–Crippen LogP) is 14.9. The van der Waals surface area contributed by atoms with Gasteiger partial charge in [-0.05, 0) is 104 Å². The summed E-state index contributed by atoms with van der Waals surface area (Å²) in [6.07, 6.45) is 0. The van der Waals surface area contributed by atoms with Crippen molar-refractivity contribution < 1.29 is 9.90 Å². The number of fused-ring (bicyclic) bond motifs is 4. The summed E-state index contributed by atoms with van der Waals surface area (Å²) < 4.78 is 44.0. The molecule has 0 aliphatic carbocycles. The molecule has 10 rings (SSSR count). The zero-order valence-electron chi connectivity index (χ0n) is 33.3. The molecule has 0 saturated heterocycles. The minimum Gasteiger partial charge on any atom is -0.456 e. The molecule has 0 aliphatic heterocycles. The van der Waals surface area contributed by atoms with Gasteiger partial charge in [-0.3, -0.25) is 0 Å². The van der Waals surface area contributed by atoms with E-state index in [1.807, 2.05) is 144 Å². The molecule has 9 aromatic carbocycles. The number of anilines is 3. The first-order valence-electron chi connectivity index (χ1n) is 20.1. The van der Waals surface area contributed by atoms with Crippen LogP contribution in [0.5, 0.6) is 0 Å². The van der Waals surface area contributed by atoms with Gasteiger partial charge in [0.25, 0.3) is 0 Å². The molecule has 0 radical (unpaired) electrons. The summed E-state index contributed by atoms with van der Waals surface area (Å²) in [5.74, 6) is 0. The lowest BCUT2D eigenvalue weighted by molar-refractivity contribution is 0.669. The first kappa shape index (κ1) is 27.5. The van der Waals surface area contributed by atoms with E-state index in [0.717, 1.165) is 66.1 Å². The highest BCUT2D eigenvalue weighted by molar-refractivity contribution is 6.12. The third kappa shape index (κ3) is 5.71. The maximum absolute atomic E-state index is 9.51. The highest BCUT2D eigenvalue weighted by Gasteiger charge is 2.16. The smallest absolute Gasteiger partial charge is 0.136 e. The van der Waals surface area contributed by atoms with E-state index in [9.17, 15) is 5.48 Å². The van der Waals surface area contributed by atoms with E-state index in [1.54, 1.807) is 0 Å². The van der Waals surface area contributed by atoms with Crippen LogP contribution in [-0.2, 0) is 0 Å². The van der Waals surface area contributed by atoms with E-state index in [1.165, 1.54) is 0 Å². The lowest BCUT2D eigenvalue weighted by Crippen LogP contribution is -2.09. The number of hydrogen-bond acceptors (Lipinski definition) is 2. The van der Waals surface area contributed by atoms with E-state index in [4.69, 9.17) is 4.42 Å². The van der Waals surface area contributed by atoms with Gasteiger partial charge in [0, 0.05) is 27.8 Å². The van der Waals surface area contributed by atoms with Crippen LogP contribution in [0.1, 0.15) is 5.48 Å². The molecule has 0 fully saturated rings. The molecule has 0 bridgehead atoms. The van der Waals surface area contributed by atoms with E-state index >= 15 is 0 Å². The average molecular weight is 694 g/mol. The van der Waals surface area contributed by atoms with Gasteiger partial charge in [0.2, 0.25) is 0 Å². The second-order valence-corrected chi connectivity index (χ2v) is 13.4. The first-order chi connectivity index (χ1) is 28.4. The van der Waals surface area contributed by atoms with Crippen molar-refractivity contribution in [3.63, 3.8) is 0 Å². The van der Waals surface area contributed by atoms with E-state index < -0.39 is 0 Å². The maximum Gasteiger partial charge on any atom is 0.136 e. The van der Waals surface area contributed by atoms with E-state index in [0.29, 0.717) is 16.9 Å². The highest BCUT2D eigenvalue weighted by Crippen LogP contribution is 2.41. The molecule has 2 nitrogen and oxygen atoms in total. The molecule has 0 atom stereocenters. The summed E-state index contributed by atoms with van der Waals surface area (Å²) in [6.45, 7) is 0. The van der Waals surface area contributed by atoms with Crippen LogP contribution >= 0.6 is 0 Å².